The second-order valence-corrected chi connectivity index (χ2v) is 6.45. The minimum absolute atomic E-state index is 0.0378. The van der Waals surface area contributed by atoms with Gasteiger partial charge in [0, 0.05) is 24.9 Å². The lowest BCUT2D eigenvalue weighted by Crippen LogP contribution is -2.46. The molecule has 5 heteroatoms. The van der Waals surface area contributed by atoms with Gasteiger partial charge in [-0.15, -0.1) is 0 Å². The van der Waals surface area contributed by atoms with Crippen LogP contribution in [-0.4, -0.2) is 43.7 Å². The molecule has 1 atom stereocenters. The molecule has 0 aliphatic carbocycles. The predicted octanol–water partition coefficient (Wildman–Crippen LogP) is 3.53. The fraction of sp³-hybridized carbons (Fsp3) is 0.286. The van der Waals surface area contributed by atoms with E-state index in [0.717, 1.165) is 28.7 Å². The van der Waals surface area contributed by atoms with Crippen LogP contribution in [0.15, 0.2) is 59.0 Å². The molecule has 1 aromatic heterocycles. The van der Waals surface area contributed by atoms with Crippen molar-refractivity contribution in [3.05, 3.63) is 65.9 Å². The number of carbonyl (C=O) groups excluding carboxylic acids is 1. The number of methoxy groups -OCH3 is 1. The van der Waals surface area contributed by atoms with Crippen molar-refractivity contribution in [2.45, 2.75) is 12.5 Å². The standard InChI is InChI=1S/C21H21NO4/c1-24-17-7-4-5-15(11-17)12-18-14-22(9-10-25-18)21(23)20-13-16-6-2-3-8-19(16)26-20/h2-8,11,13,18H,9-10,12,14H2,1H3/t18-/m1/s1. The number of amides is 1. The van der Waals surface area contributed by atoms with Gasteiger partial charge in [-0.2, -0.15) is 0 Å². The number of carbonyl (C=O) groups is 1. The van der Waals surface area contributed by atoms with E-state index in [9.17, 15) is 4.79 Å². The van der Waals surface area contributed by atoms with E-state index in [1.807, 2.05) is 59.5 Å². The molecule has 1 aliphatic heterocycles. The minimum Gasteiger partial charge on any atom is -0.497 e. The summed E-state index contributed by atoms with van der Waals surface area (Å²) in [5.41, 5.74) is 1.87. The molecule has 26 heavy (non-hydrogen) atoms. The van der Waals surface area contributed by atoms with Crippen LogP contribution in [0.1, 0.15) is 16.1 Å². The summed E-state index contributed by atoms with van der Waals surface area (Å²) in [4.78, 5) is 14.6. The van der Waals surface area contributed by atoms with Crippen LogP contribution in [0.4, 0.5) is 0 Å². The highest BCUT2D eigenvalue weighted by molar-refractivity contribution is 5.96. The number of ether oxygens (including phenoxy) is 2. The van der Waals surface area contributed by atoms with E-state index in [2.05, 4.69) is 0 Å². The van der Waals surface area contributed by atoms with Crippen molar-refractivity contribution < 1.29 is 18.7 Å². The van der Waals surface area contributed by atoms with Crippen LogP contribution < -0.4 is 4.74 Å². The average Bonchev–Trinajstić information content (AvgIpc) is 3.12. The Hall–Kier alpha value is -2.79. The molecule has 1 fully saturated rings. The number of nitrogens with zero attached hydrogens (tertiary/aromatic N) is 1. The Morgan fingerprint density at radius 2 is 2.08 bits per heavy atom. The Labute approximate surface area is 152 Å². The van der Waals surface area contributed by atoms with Crippen LogP contribution in [0.3, 0.4) is 0 Å². The van der Waals surface area contributed by atoms with Crippen LogP contribution in [0.5, 0.6) is 5.75 Å². The van der Waals surface area contributed by atoms with Crippen molar-refractivity contribution >= 4 is 16.9 Å². The van der Waals surface area contributed by atoms with Gasteiger partial charge in [0.25, 0.3) is 5.91 Å². The Morgan fingerprint density at radius 1 is 1.19 bits per heavy atom. The number of hydrogen-bond acceptors (Lipinski definition) is 4. The van der Waals surface area contributed by atoms with Crippen molar-refractivity contribution in [1.82, 2.24) is 4.90 Å². The molecule has 0 N–H and O–H groups in total. The summed E-state index contributed by atoms with van der Waals surface area (Å²) >= 11 is 0. The molecule has 2 heterocycles. The van der Waals surface area contributed by atoms with Gasteiger partial charge in [-0.25, -0.2) is 0 Å². The summed E-state index contributed by atoms with van der Waals surface area (Å²) in [5, 5.41) is 0.942. The molecular formula is C21H21NO4. The summed E-state index contributed by atoms with van der Waals surface area (Å²) < 4.78 is 16.9. The SMILES string of the molecule is COc1cccc(C[C@@H]2CN(C(=O)c3cc4ccccc4o3)CCO2)c1. The Kier molecular flexibility index (Phi) is 4.63. The van der Waals surface area contributed by atoms with Gasteiger partial charge in [-0.3, -0.25) is 4.79 Å². The molecule has 0 spiro atoms. The molecule has 1 aliphatic rings. The third kappa shape index (κ3) is 3.44. The maximum atomic E-state index is 12.8. The van der Waals surface area contributed by atoms with Gasteiger partial charge in [0.05, 0.1) is 19.8 Å². The summed E-state index contributed by atoms with van der Waals surface area (Å²) in [6.07, 6.45) is 0.699. The maximum absolute atomic E-state index is 12.8. The lowest BCUT2D eigenvalue weighted by atomic mass is 10.1. The molecule has 3 aromatic rings. The highest BCUT2D eigenvalue weighted by Gasteiger charge is 2.27. The van der Waals surface area contributed by atoms with E-state index in [1.54, 1.807) is 7.11 Å². The van der Waals surface area contributed by atoms with E-state index in [1.165, 1.54) is 0 Å². The molecule has 2 aromatic carbocycles. The number of hydrogen-bond donors (Lipinski definition) is 0. The Morgan fingerprint density at radius 3 is 2.92 bits per heavy atom. The number of fused-ring (bicyclic) bond motifs is 1. The van der Waals surface area contributed by atoms with Crippen LogP contribution in [0.2, 0.25) is 0 Å². The molecule has 1 amide bonds. The first-order chi connectivity index (χ1) is 12.7. The van der Waals surface area contributed by atoms with E-state index in [0.29, 0.717) is 25.5 Å². The normalized spacial score (nSPS) is 17.4. The number of para-hydroxylation sites is 1. The first kappa shape index (κ1) is 16.7. The van der Waals surface area contributed by atoms with Gasteiger partial charge in [0.1, 0.15) is 11.3 Å². The summed E-state index contributed by atoms with van der Waals surface area (Å²) in [6, 6.07) is 17.4. The zero-order valence-electron chi connectivity index (χ0n) is 14.7. The second kappa shape index (κ2) is 7.22. The molecule has 0 unspecified atom stereocenters. The molecule has 4 rings (SSSR count). The molecule has 134 valence electrons. The minimum atomic E-state index is -0.0832. The van der Waals surface area contributed by atoms with Crippen molar-refractivity contribution in [3.63, 3.8) is 0 Å². The van der Waals surface area contributed by atoms with Gasteiger partial charge >= 0.3 is 0 Å². The maximum Gasteiger partial charge on any atom is 0.289 e. The molecule has 0 bridgehead atoms. The van der Waals surface area contributed by atoms with E-state index >= 15 is 0 Å². The topological polar surface area (TPSA) is 51.9 Å². The van der Waals surface area contributed by atoms with Crippen LogP contribution in [0, 0.1) is 0 Å². The Bertz CT molecular complexity index is 884. The predicted molar refractivity (Wildman–Crippen MR) is 98.6 cm³/mol. The van der Waals surface area contributed by atoms with E-state index in [4.69, 9.17) is 13.9 Å². The van der Waals surface area contributed by atoms with Crippen molar-refractivity contribution in [2.75, 3.05) is 26.8 Å². The fourth-order valence-corrected chi connectivity index (χ4v) is 3.33. The molecular weight excluding hydrogens is 330 g/mol. The van der Waals surface area contributed by atoms with E-state index in [-0.39, 0.29) is 12.0 Å². The average molecular weight is 351 g/mol. The quantitative estimate of drug-likeness (QED) is 0.722. The Balaban J connectivity index is 1.46. The first-order valence-corrected chi connectivity index (χ1v) is 8.75. The smallest absolute Gasteiger partial charge is 0.289 e. The zero-order chi connectivity index (χ0) is 17.9. The third-order valence-electron chi connectivity index (χ3n) is 4.66. The lowest BCUT2D eigenvalue weighted by Gasteiger charge is -2.32. The summed E-state index contributed by atoms with van der Waals surface area (Å²) in [6.45, 7) is 1.65. The molecule has 0 saturated carbocycles. The number of morpholine rings is 1. The van der Waals surface area contributed by atoms with Gasteiger partial charge in [0.2, 0.25) is 0 Å². The van der Waals surface area contributed by atoms with Gasteiger partial charge in [-0.05, 0) is 29.8 Å². The second-order valence-electron chi connectivity index (χ2n) is 6.45. The van der Waals surface area contributed by atoms with Gasteiger partial charge < -0.3 is 18.8 Å². The highest BCUT2D eigenvalue weighted by Crippen LogP contribution is 2.22. The largest absolute Gasteiger partial charge is 0.497 e. The summed E-state index contributed by atoms with van der Waals surface area (Å²) in [7, 11) is 1.66. The van der Waals surface area contributed by atoms with Crippen LogP contribution in [0.25, 0.3) is 11.0 Å². The fourth-order valence-electron chi connectivity index (χ4n) is 3.33. The van der Waals surface area contributed by atoms with Crippen molar-refractivity contribution in [1.29, 1.82) is 0 Å². The summed E-state index contributed by atoms with van der Waals surface area (Å²) in [5.74, 6) is 1.13. The monoisotopic (exact) mass is 351 g/mol. The van der Waals surface area contributed by atoms with Gasteiger partial charge in [0.15, 0.2) is 5.76 Å². The number of furan rings is 1. The lowest BCUT2D eigenvalue weighted by molar-refractivity contribution is -0.0217. The molecule has 5 nitrogen and oxygen atoms in total. The van der Waals surface area contributed by atoms with Gasteiger partial charge in [-0.1, -0.05) is 30.3 Å². The van der Waals surface area contributed by atoms with Crippen LogP contribution >= 0.6 is 0 Å². The first-order valence-electron chi connectivity index (χ1n) is 8.75. The van der Waals surface area contributed by atoms with Crippen LogP contribution in [-0.2, 0) is 11.2 Å². The molecule has 1 saturated heterocycles. The third-order valence-corrected chi connectivity index (χ3v) is 4.66. The number of benzene rings is 2. The van der Waals surface area contributed by atoms with E-state index < -0.39 is 0 Å². The molecule has 0 radical (unpaired) electrons. The van der Waals surface area contributed by atoms with Crippen molar-refractivity contribution in [2.24, 2.45) is 0 Å². The van der Waals surface area contributed by atoms with Crippen molar-refractivity contribution in [3.8, 4) is 5.75 Å². The zero-order valence-corrected chi connectivity index (χ0v) is 14.7. The number of rotatable bonds is 4. The highest BCUT2D eigenvalue weighted by atomic mass is 16.5.